The van der Waals surface area contributed by atoms with Crippen molar-refractivity contribution >= 4 is 5.97 Å². The predicted octanol–water partition coefficient (Wildman–Crippen LogP) is 4.42. The molecular formula is C17H26O2. The number of carbonyl (C=O) groups is 1. The van der Waals surface area contributed by atoms with Crippen molar-refractivity contribution in [2.75, 3.05) is 0 Å². The van der Waals surface area contributed by atoms with E-state index in [-0.39, 0.29) is 11.8 Å². The summed E-state index contributed by atoms with van der Waals surface area (Å²) >= 11 is 0. The van der Waals surface area contributed by atoms with E-state index in [0.29, 0.717) is 11.8 Å². The largest absolute Gasteiger partial charge is 0.481 e. The molecule has 0 atom stereocenters. The van der Waals surface area contributed by atoms with Crippen molar-refractivity contribution < 1.29 is 9.90 Å². The third-order valence-corrected chi connectivity index (χ3v) is 3.34. The molecule has 0 aromatic heterocycles. The highest BCUT2D eigenvalue weighted by molar-refractivity contribution is 5.67. The van der Waals surface area contributed by atoms with E-state index in [0.717, 1.165) is 12.0 Å². The van der Waals surface area contributed by atoms with Crippen LogP contribution < -0.4 is 0 Å². The summed E-state index contributed by atoms with van der Waals surface area (Å²) in [5.41, 5.74) is 2.86. The van der Waals surface area contributed by atoms with Gasteiger partial charge >= 0.3 is 5.97 Å². The van der Waals surface area contributed by atoms with Gasteiger partial charge in [0.25, 0.3) is 0 Å². The molecule has 0 saturated carbocycles. The van der Waals surface area contributed by atoms with Crippen LogP contribution in [0, 0.1) is 5.41 Å². The molecule has 0 spiro atoms. The highest BCUT2D eigenvalue weighted by Crippen LogP contribution is 2.36. The van der Waals surface area contributed by atoms with Crippen molar-refractivity contribution in [1.82, 2.24) is 0 Å². The van der Waals surface area contributed by atoms with Crippen molar-refractivity contribution in [3.8, 4) is 0 Å². The minimum absolute atomic E-state index is 0.142. The second-order valence-corrected chi connectivity index (χ2v) is 7.21. The zero-order valence-electron chi connectivity index (χ0n) is 12.8. The molecule has 0 amide bonds. The van der Waals surface area contributed by atoms with E-state index in [2.05, 4.69) is 58.9 Å². The Hall–Kier alpha value is -1.31. The molecule has 0 aliphatic carbocycles. The Kier molecular flexibility index (Phi) is 4.78. The number of carboxylic acids is 1. The molecule has 1 aromatic carbocycles. The summed E-state index contributed by atoms with van der Waals surface area (Å²) in [6.45, 7) is 11.3. The summed E-state index contributed by atoms with van der Waals surface area (Å²) in [6, 6.07) is 8.40. The van der Waals surface area contributed by atoms with Crippen molar-refractivity contribution in [3.05, 3.63) is 35.4 Å². The summed E-state index contributed by atoms with van der Waals surface area (Å²) < 4.78 is 0. The van der Waals surface area contributed by atoms with E-state index in [1.165, 1.54) is 5.56 Å². The highest BCUT2D eigenvalue weighted by Gasteiger charge is 2.26. The number of aliphatic carboxylic acids is 1. The summed E-state index contributed by atoms with van der Waals surface area (Å²) in [5.74, 6) is -0.739. The van der Waals surface area contributed by atoms with Gasteiger partial charge in [-0.3, -0.25) is 4.79 Å². The smallest absolute Gasteiger partial charge is 0.303 e. The van der Waals surface area contributed by atoms with Crippen LogP contribution in [0.25, 0.3) is 0 Å². The molecule has 0 aliphatic rings. The van der Waals surface area contributed by atoms with E-state index in [1.807, 2.05) is 0 Å². The molecule has 0 aliphatic heterocycles. The summed E-state index contributed by atoms with van der Waals surface area (Å²) in [5, 5.41) is 8.69. The molecule has 0 radical (unpaired) electrons. The Morgan fingerprint density at radius 1 is 1.05 bits per heavy atom. The van der Waals surface area contributed by atoms with Crippen LogP contribution in [0.4, 0.5) is 0 Å². The van der Waals surface area contributed by atoms with Crippen LogP contribution in [0.1, 0.15) is 58.6 Å². The monoisotopic (exact) mass is 262 g/mol. The molecule has 1 N–H and O–H groups in total. The maximum atomic E-state index is 10.6. The zero-order valence-corrected chi connectivity index (χ0v) is 12.8. The topological polar surface area (TPSA) is 37.3 Å². The van der Waals surface area contributed by atoms with E-state index < -0.39 is 5.97 Å². The first-order chi connectivity index (χ1) is 8.60. The molecule has 0 heterocycles. The summed E-state index contributed by atoms with van der Waals surface area (Å²) in [7, 11) is 0. The number of hydrogen-bond acceptors (Lipinski definition) is 1. The van der Waals surface area contributed by atoms with Gasteiger partial charge in [0.2, 0.25) is 0 Å². The maximum Gasteiger partial charge on any atom is 0.303 e. The predicted molar refractivity (Wildman–Crippen MR) is 79.5 cm³/mol. The lowest BCUT2D eigenvalue weighted by Crippen LogP contribution is -2.24. The fraction of sp³-hybridized carbons (Fsp3) is 0.588. The molecule has 0 bridgehead atoms. The molecule has 2 nitrogen and oxygen atoms in total. The molecule has 1 rings (SSSR count). The molecule has 0 saturated heterocycles. The number of rotatable bonds is 5. The molecular weight excluding hydrogens is 236 g/mol. The van der Waals surface area contributed by atoms with Gasteiger partial charge in [0.05, 0.1) is 0 Å². The minimum atomic E-state index is -0.739. The number of hydrogen-bond donors (Lipinski definition) is 1. The second-order valence-electron chi connectivity index (χ2n) is 7.21. The van der Waals surface area contributed by atoms with Gasteiger partial charge in [-0.05, 0) is 34.8 Å². The van der Waals surface area contributed by atoms with Crippen molar-refractivity contribution in [2.24, 2.45) is 5.41 Å². The number of benzene rings is 1. The highest BCUT2D eigenvalue weighted by atomic mass is 16.4. The average molecular weight is 262 g/mol. The first-order valence-electron chi connectivity index (χ1n) is 6.91. The Morgan fingerprint density at radius 2 is 1.58 bits per heavy atom. The first-order valence-corrected chi connectivity index (χ1v) is 6.91. The number of aryl methyl sites for hydroxylation is 1. The van der Waals surface area contributed by atoms with Gasteiger partial charge in [-0.15, -0.1) is 0 Å². The van der Waals surface area contributed by atoms with Gasteiger partial charge in [0.15, 0.2) is 0 Å². The Bertz CT molecular complexity index is 422. The van der Waals surface area contributed by atoms with Crippen molar-refractivity contribution in [2.45, 2.75) is 59.3 Å². The standard InChI is InChI=1S/C17H26O2/c1-16(2,3)12-17(4,5)14-9-6-13(7-10-14)8-11-15(18)19/h6-7,9-10H,8,11-12H2,1-5H3,(H,18,19). The van der Waals surface area contributed by atoms with Crippen LogP contribution in [0.5, 0.6) is 0 Å². The average Bonchev–Trinajstić information content (AvgIpc) is 2.23. The van der Waals surface area contributed by atoms with Gasteiger partial charge in [-0.1, -0.05) is 58.9 Å². The lowest BCUT2D eigenvalue weighted by atomic mass is 9.72. The summed E-state index contributed by atoms with van der Waals surface area (Å²) in [6.07, 6.45) is 1.93. The third-order valence-electron chi connectivity index (χ3n) is 3.34. The Balaban J connectivity index is 2.77. The molecule has 19 heavy (non-hydrogen) atoms. The van der Waals surface area contributed by atoms with Crippen LogP contribution in [0.15, 0.2) is 24.3 Å². The molecule has 106 valence electrons. The molecule has 2 heteroatoms. The van der Waals surface area contributed by atoms with Crippen LogP contribution in [-0.2, 0) is 16.6 Å². The van der Waals surface area contributed by atoms with Crippen LogP contribution >= 0.6 is 0 Å². The molecule has 0 fully saturated rings. The molecule has 1 aromatic rings. The lowest BCUT2D eigenvalue weighted by Gasteiger charge is -2.33. The van der Waals surface area contributed by atoms with Crippen LogP contribution in [0.3, 0.4) is 0 Å². The van der Waals surface area contributed by atoms with E-state index >= 15 is 0 Å². The second kappa shape index (κ2) is 5.77. The van der Waals surface area contributed by atoms with Crippen LogP contribution in [0.2, 0.25) is 0 Å². The first kappa shape index (κ1) is 15.7. The van der Waals surface area contributed by atoms with E-state index in [1.54, 1.807) is 0 Å². The normalized spacial score (nSPS) is 12.5. The Morgan fingerprint density at radius 3 is 2.00 bits per heavy atom. The van der Waals surface area contributed by atoms with Gasteiger partial charge < -0.3 is 5.11 Å². The fourth-order valence-corrected chi connectivity index (χ4v) is 2.80. The SMILES string of the molecule is CC(C)(C)CC(C)(C)c1ccc(CCC(=O)O)cc1. The van der Waals surface area contributed by atoms with Gasteiger partial charge in [0.1, 0.15) is 0 Å². The quantitative estimate of drug-likeness (QED) is 0.853. The Labute approximate surface area is 116 Å². The van der Waals surface area contributed by atoms with Gasteiger partial charge in [-0.2, -0.15) is 0 Å². The fourth-order valence-electron chi connectivity index (χ4n) is 2.80. The minimum Gasteiger partial charge on any atom is -0.481 e. The number of carboxylic acid groups (broad SMARTS) is 1. The zero-order chi connectivity index (χ0) is 14.7. The van der Waals surface area contributed by atoms with Crippen LogP contribution in [-0.4, -0.2) is 11.1 Å². The van der Waals surface area contributed by atoms with E-state index in [9.17, 15) is 4.79 Å². The van der Waals surface area contributed by atoms with Gasteiger partial charge in [-0.25, -0.2) is 0 Å². The third kappa shape index (κ3) is 5.46. The summed E-state index contributed by atoms with van der Waals surface area (Å²) in [4.78, 5) is 10.6. The van der Waals surface area contributed by atoms with Crippen molar-refractivity contribution in [1.29, 1.82) is 0 Å². The maximum absolute atomic E-state index is 10.6. The molecule has 0 unspecified atom stereocenters. The van der Waals surface area contributed by atoms with E-state index in [4.69, 9.17) is 5.11 Å². The van der Waals surface area contributed by atoms with Gasteiger partial charge in [0, 0.05) is 6.42 Å². The van der Waals surface area contributed by atoms with Crippen molar-refractivity contribution in [3.63, 3.8) is 0 Å². The lowest BCUT2D eigenvalue weighted by molar-refractivity contribution is -0.136.